The van der Waals surface area contributed by atoms with Crippen molar-refractivity contribution in [2.75, 3.05) is 46.1 Å². The Bertz CT molecular complexity index is 428. The minimum atomic E-state index is 0. The zero-order valence-electron chi connectivity index (χ0n) is 16.3. The number of halogens is 1. The maximum Gasteiger partial charge on any atom is 0.191 e. The van der Waals surface area contributed by atoms with Gasteiger partial charge in [-0.1, -0.05) is 13.3 Å². The van der Waals surface area contributed by atoms with Gasteiger partial charge < -0.3 is 24.5 Å². The molecule has 7 heteroatoms. The van der Waals surface area contributed by atoms with E-state index in [1.165, 1.54) is 6.42 Å². The van der Waals surface area contributed by atoms with Gasteiger partial charge in [0.1, 0.15) is 5.76 Å². The first kappa shape index (κ1) is 25.2. The number of rotatable bonds is 15. The number of guanidine groups is 1. The van der Waals surface area contributed by atoms with E-state index >= 15 is 0 Å². The van der Waals surface area contributed by atoms with Crippen LogP contribution in [0.3, 0.4) is 0 Å². The van der Waals surface area contributed by atoms with Crippen molar-refractivity contribution in [2.24, 2.45) is 4.99 Å². The summed E-state index contributed by atoms with van der Waals surface area (Å²) < 4.78 is 16.3. The standard InChI is InChI=1S/C19H35N3O3.HI/c1-3-5-14-24-16-8-12-21-19(20-11-7-15-23-4-2)22-13-10-18-9-6-17-25-18;/h6,9,17H,3-5,7-8,10-16H2,1-2H3,(H2,20,21,22);1H. The van der Waals surface area contributed by atoms with Crippen LogP contribution in [0.1, 0.15) is 45.3 Å². The number of aliphatic imine (C=N–C) groups is 1. The fourth-order valence-electron chi connectivity index (χ4n) is 2.16. The molecule has 0 radical (unpaired) electrons. The van der Waals surface area contributed by atoms with E-state index < -0.39 is 0 Å². The Balaban J connectivity index is 0.00000625. The molecular formula is C19H36IN3O3. The van der Waals surface area contributed by atoms with Gasteiger partial charge >= 0.3 is 0 Å². The van der Waals surface area contributed by atoms with E-state index in [0.717, 1.165) is 83.5 Å². The SMILES string of the molecule is CCCCOCCCN=C(NCCCOCC)NCCc1ccco1.I. The van der Waals surface area contributed by atoms with Crippen LogP contribution in [0.4, 0.5) is 0 Å². The Labute approximate surface area is 175 Å². The number of unbranched alkanes of at least 4 members (excludes halogenated alkanes) is 1. The summed E-state index contributed by atoms with van der Waals surface area (Å²) >= 11 is 0. The van der Waals surface area contributed by atoms with E-state index in [1.807, 2.05) is 19.1 Å². The molecule has 0 spiro atoms. The molecular weight excluding hydrogens is 445 g/mol. The van der Waals surface area contributed by atoms with Crippen molar-refractivity contribution in [1.29, 1.82) is 0 Å². The molecule has 1 heterocycles. The maximum atomic E-state index is 5.57. The van der Waals surface area contributed by atoms with Crippen molar-refractivity contribution >= 4 is 29.9 Å². The van der Waals surface area contributed by atoms with Crippen LogP contribution in [-0.4, -0.2) is 52.0 Å². The van der Waals surface area contributed by atoms with Crippen molar-refractivity contribution in [2.45, 2.75) is 46.0 Å². The molecule has 1 aromatic rings. The molecule has 2 N–H and O–H groups in total. The predicted molar refractivity (Wildman–Crippen MR) is 118 cm³/mol. The molecule has 0 fully saturated rings. The third-order valence-corrected chi connectivity index (χ3v) is 3.56. The van der Waals surface area contributed by atoms with Crippen LogP contribution in [0.2, 0.25) is 0 Å². The fourth-order valence-corrected chi connectivity index (χ4v) is 2.16. The molecule has 26 heavy (non-hydrogen) atoms. The second kappa shape index (κ2) is 19.0. The number of nitrogens with one attached hydrogen (secondary N) is 2. The first-order chi connectivity index (χ1) is 12.4. The highest BCUT2D eigenvalue weighted by Crippen LogP contribution is 1.99. The first-order valence-corrected chi connectivity index (χ1v) is 9.56. The Kier molecular flexibility index (Phi) is 18.4. The van der Waals surface area contributed by atoms with Crippen LogP contribution in [-0.2, 0) is 15.9 Å². The lowest BCUT2D eigenvalue weighted by atomic mass is 10.3. The summed E-state index contributed by atoms with van der Waals surface area (Å²) in [4.78, 5) is 4.62. The van der Waals surface area contributed by atoms with Gasteiger partial charge in [-0.25, -0.2) is 0 Å². The second-order valence-electron chi connectivity index (χ2n) is 5.78. The monoisotopic (exact) mass is 481 g/mol. The lowest BCUT2D eigenvalue weighted by Gasteiger charge is -2.12. The summed E-state index contributed by atoms with van der Waals surface area (Å²) in [6.07, 6.45) is 6.75. The molecule has 0 aliphatic rings. The number of ether oxygens (including phenoxy) is 2. The van der Waals surface area contributed by atoms with Crippen molar-refractivity contribution < 1.29 is 13.9 Å². The Morgan fingerprint density at radius 2 is 1.81 bits per heavy atom. The van der Waals surface area contributed by atoms with Crippen LogP contribution in [0.25, 0.3) is 0 Å². The first-order valence-electron chi connectivity index (χ1n) is 9.56. The summed E-state index contributed by atoms with van der Waals surface area (Å²) in [5.74, 6) is 1.82. The topological polar surface area (TPSA) is 68.0 Å². The summed E-state index contributed by atoms with van der Waals surface area (Å²) in [7, 11) is 0. The largest absolute Gasteiger partial charge is 0.469 e. The average molecular weight is 481 g/mol. The molecule has 0 bridgehead atoms. The third kappa shape index (κ3) is 14.4. The van der Waals surface area contributed by atoms with Gasteiger partial charge in [-0.05, 0) is 38.3 Å². The highest BCUT2D eigenvalue weighted by atomic mass is 127. The highest BCUT2D eigenvalue weighted by molar-refractivity contribution is 14.0. The van der Waals surface area contributed by atoms with E-state index in [9.17, 15) is 0 Å². The second-order valence-corrected chi connectivity index (χ2v) is 5.78. The smallest absolute Gasteiger partial charge is 0.191 e. The number of hydrogen-bond acceptors (Lipinski definition) is 4. The van der Waals surface area contributed by atoms with Gasteiger partial charge in [-0.15, -0.1) is 24.0 Å². The molecule has 0 saturated carbocycles. The van der Waals surface area contributed by atoms with Gasteiger partial charge in [-0.2, -0.15) is 0 Å². The Hall–Kier alpha value is -0.800. The van der Waals surface area contributed by atoms with Crippen LogP contribution >= 0.6 is 24.0 Å². The number of hydrogen-bond donors (Lipinski definition) is 2. The summed E-state index contributed by atoms with van der Waals surface area (Å²) in [6, 6.07) is 3.90. The molecule has 0 unspecified atom stereocenters. The molecule has 6 nitrogen and oxygen atoms in total. The molecule has 0 atom stereocenters. The molecule has 0 aliphatic heterocycles. The van der Waals surface area contributed by atoms with Gasteiger partial charge in [0.15, 0.2) is 5.96 Å². The number of nitrogens with zero attached hydrogens (tertiary/aromatic N) is 1. The number of furan rings is 1. The molecule has 0 saturated heterocycles. The normalized spacial score (nSPS) is 11.2. The summed E-state index contributed by atoms with van der Waals surface area (Å²) in [5.41, 5.74) is 0. The van der Waals surface area contributed by atoms with E-state index in [-0.39, 0.29) is 24.0 Å². The van der Waals surface area contributed by atoms with Crippen molar-refractivity contribution in [3.05, 3.63) is 24.2 Å². The maximum absolute atomic E-state index is 5.57. The minimum absolute atomic E-state index is 0. The van der Waals surface area contributed by atoms with Crippen LogP contribution in [0.15, 0.2) is 27.8 Å². The highest BCUT2D eigenvalue weighted by Gasteiger charge is 2.00. The third-order valence-electron chi connectivity index (χ3n) is 3.56. The molecule has 0 amide bonds. The van der Waals surface area contributed by atoms with E-state index in [4.69, 9.17) is 13.9 Å². The van der Waals surface area contributed by atoms with Crippen molar-refractivity contribution in [1.82, 2.24) is 10.6 Å². The van der Waals surface area contributed by atoms with Gasteiger partial charge in [0, 0.05) is 52.5 Å². The molecule has 0 aliphatic carbocycles. The zero-order chi connectivity index (χ0) is 18.0. The Morgan fingerprint density at radius 3 is 2.54 bits per heavy atom. The Morgan fingerprint density at radius 1 is 1.04 bits per heavy atom. The van der Waals surface area contributed by atoms with Gasteiger partial charge in [0.25, 0.3) is 0 Å². The lowest BCUT2D eigenvalue weighted by molar-refractivity contribution is 0.130. The summed E-state index contributed by atoms with van der Waals surface area (Å²) in [6.45, 7) is 9.74. The van der Waals surface area contributed by atoms with Gasteiger partial charge in [0.2, 0.25) is 0 Å². The quantitative estimate of drug-likeness (QED) is 0.173. The predicted octanol–water partition coefficient (Wildman–Crippen LogP) is 3.61. The molecule has 0 aromatic carbocycles. The van der Waals surface area contributed by atoms with Crippen LogP contribution in [0.5, 0.6) is 0 Å². The van der Waals surface area contributed by atoms with Gasteiger partial charge in [0.05, 0.1) is 6.26 Å². The zero-order valence-corrected chi connectivity index (χ0v) is 18.6. The van der Waals surface area contributed by atoms with E-state index in [0.29, 0.717) is 0 Å². The minimum Gasteiger partial charge on any atom is -0.469 e. The summed E-state index contributed by atoms with van der Waals surface area (Å²) in [5, 5.41) is 6.71. The van der Waals surface area contributed by atoms with E-state index in [2.05, 4.69) is 22.5 Å². The lowest BCUT2D eigenvalue weighted by Crippen LogP contribution is -2.39. The molecule has 1 rings (SSSR count). The average Bonchev–Trinajstić information content (AvgIpc) is 3.13. The van der Waals surface area contributed by atoms with Crippen LogP contribution in [0, 0.1) is 0 Å². The van der Waals surface area contributed by atoms with E-state index in [1.54, 1.807) is 6.26 Å². The molecule has 1 aromatic heterocycles. The van der Waals surface area contributed by atoms with Crippen LogP contribution < -0.4 is 10.6 Å². The van der Waals surface area contributed by atoms with Gasteiger partial charge in [-0.3, -0.25) is 4.99 Å². The molecule has 152 valence electrons. The van der Waals surface area contributed by atoms with Crippen molar-refractivity contribution in [3.8, 4) is 0 Å². The fraction of sp³-hybridized carbons (Fsp3) is 0.737. The van der Waals surface area contributed by atoms with Crippen molar-refractivity contribution in [3.63, 3.8) is 0 Å².